The molecule has 2 heterocycles. The zero-order valence-electron chi connectivity index (χ0n) is 11.4. The largest absolute Gasteiger partial charge is 0.397 e. The molecule has 114 valence electrons. The Morgan fingerprint density at radius 1 is 1.52 bits per heavy atom. The van der Waals surface area contributed by atoms with E-state index in [1.807, 2.05) is 19.1 Å². The molecule has 0 fully saturated rings. The van der Waals surface area contributed by atoms with Crippen molar-refractivity contribution >= 4 is 33.1 Å². The number of hydrogen-bond acceptors (Lipinski definition) is 5. The van der Waals surface area contributed by atoms with Crippen LogP contribution in [0.1, 0.15) is 15.4 Å². The van der Waals surface area contributed by atoms with Crippen molar-refractivity contribution in [3.05, 3.63) is 22.7 Å². The summed E-state index contributed by atoms with van der Waals surface area (Å²) in [6.07, 6.45) is -2.51. The van der Waals surface area contributed by atoms with Crippen LogP contribution in [0, 0.1) is 6.92 Å². The minimum absolute atomic E-state index is 0.0260. The second kappa shape index (κ2) is 6.77. The number of aromatic nitrogens is 1. The van der Waals surface area contributed by atoms with E-state index in [4.69, 9.17) is 5.73 Å². The molecule has 8 heteroatoms. The Morgan fingerprint density at radius 2 is 2.29 bits per heavy atom. The van der Waals surface area contributed by atoms with Gasteiger partial charge in [-0.05, 0) is 19.1 Å². The highest BCUT2D eigenvalue weighted by Gasteiger charge is 2.16. The number of carbonyl (C=O) groups excluding carboxylic acids is 1. The van der Waals surface area contributed by atoms with E-state index in [1.165, 1.54) is 11.3 Å². The average Bonchev–Trinajstić information content (AvgIpc) is 2.74. The zero-order chi connectivity index (χ0) is 15.4. The van der Waals surface area contributed by atoms with Crippen LogP contribution in [0.3, 0.4) is 0 Å². The van der Waals surface area contributed by atoms with Crippen molar-refractivity contribution in [3.8, 4) is 0 Å². The maximum absolute atomic E-state index is 12.0. The molecule has 0 bridgehead atoms. The van der Waals surface area contributed by atoms with Gasteiger partial charge in [0.25, 0.3) is 12.3 Å². The van der Waals surface area contributed by atoms with Gasteiger partial charge in [0.05, 0.1) is 12.3 Å². The number of nitrogen functional groups attached to an aromatic ring is 1. The third-order valence-corrected chi connectivity index (χ3v) is 3.83. The van der Waals surface area contributed by atoms with Crippen LogP contribution < -0.4 is 11.1 Å². The molecule has 0 aliphatic carbocycles. The number of carbonyl (C=O) groups is 1. The number of nitrogens with zero attached hydrogens (tertiary/aromatic N) is 1. The van der Waals surface area contributed by atoms with Gasteiger partial charge in [-0.3, -0.25) is 4.79 Å². The summed E-state index contributed by atoms with van der Waals surface area (Å²) in [6, 6.07) is 3.65. The summed E-state index contributed by atoms with van der Waals surface area (Å²) < 4.78 is 28.4. The molecular formula is C13H15F2N3O2S. The highest BCUT2D eigenvalue weighted by molar-refractivity contribution is 7.21. The third kappa shape index (κ3) is 3.85. The molecule has 5 nitrogen and oxygen atoms in total. The van der Waals surface area contributed by atoms with Crippen molar-refractivity contribution in [1.29, 1.82) is 0 Å². The molecule has 0 radical (unpaired) electrons. The lowest BCUT2D eigenvalue weighted by Crippen LogP contribution is -2.27. The van der Waals surface area contributed by atoms with Crippen LogP contribution in [0.15, 0.2) is 12.1 Å². The van der Waals surface area contributed by atoms with Crippen LogP contribution in [-0.2, 0) is 4.74 Å². The van der Waals surface area contributed by atoms with Gasteiger partial charge in [0.2, 0.25) is 0 Å². The third-order valence-electron chi connectivity index (χ3n) is 2.72. The summed E-state index contributed by atoms with van der Waals surface area (Å²) >= 11 is 1.21. The quantitative estimate of drug-likeness (QED) is 0.801. The number of aryl methyl sites for hydroxylation is 1. The highest BCUT2D eigenvalue weighted by Crippen LogP contribution is 2.32. The fourth-order valence-corrected chi connectivity index (χ4v) is 2.80. The molecular weight excluding hydrogens is 300 g/mol. The molecule has 0 unspecified atom stereocenters. The molecule has 0 saturated carbocycles. The van der Waals surface area contributed by atoms with Gasteiger partial charge in [-0.25, -0.2) is 13.8 Å². The van der Waals surface area contributed by atoms with Crippen molar-refractivity contribution < 1.29 is 18.3 Å². The predicted octanol–water partition coefficient (Wildman–Crippen LogP) is 2.20. The van der Waals surface area contributed by atoms with Crippen LogP contribution in [0.5, 0.6) is 0 Å². The molecule has 0 aliphatic heterocycles. The number of amides is 1. The van der Waals surface area contributed by atoms with E-state index in [1.54, 1.807) is 0 Å². The zero-order valence-corrected chi connectivity index (χ0v) is 12.2. The van der Waals surface area contributed by atoms with E-state index >= 15 is 0 Å². The molecule has 2 aromatic rings. The Labute approximate surface area is 124 Å². The minimum Gasteiger partial charge on any atom is -0.397 e. The van der Waals surface area contributed by atoms with E-state index in [2.05, 4.69) is 15.0 Å². The number of rotatable bonds is 6. The predicted molar refractivity (Wildman–Crippen MR) is 77.9 cm³/mol. The van der Waals surface area contributed by atoms with Crippen molar-refractivity contribution in [2.24, 2.45) is 0 Å². The average molecular weight is 315 g/mol. The molecule has 0 spiro atoms. The highest BCUT2D eigenvalue weighted by atomic mass is 32.1. The Bertz CT molecular complexity index is 646. The molecule has 0 atom stereocenters. The van der Waals surface area contributed by atoms with Gasteiger partial charge in [0, 0.05) is 17.6 Å². The first kappa shape index (κ1) is 15.6. The fraction of sp³-hybridized carbons (Fsp3) is 0.385. The van der Waals surface area contributed by atoms with Crippen LogP contribution >= 0.6 is 11.3 Å². The van der Waals surface area contributed by atoms with Crippen molar-refractivity contribution in [1.82, 2.24) is 10.3 Å². The Morgan fingerprint density at radius 3 is 3.00 bits per heavy atom. The van der Waals surface area contributed by atoms with Gasteiger partial charge in [-0.15, -0.1) is 11.3 Å². The topological polar surface area (TPSA) is 77.2 Å². The maximum Gasteiger partial charge on any atom is 0.263 e. The van der Waals surface area contributed by atoms with Gasteiger partial charge in [-0.1, -0.05) is 0 Å². The lowest BCUT2D eigenvalue weighted by Gasteiger charge is -2.05. The van der Waals surface area contributed by atoms with Crippen molar-refractivity contribution in [3.63, 3.8) is 0 Å². The van der Waals surface area contributed by atoms with E-state index in [9.17, 15) is 13.6 Å². The molecule has 0 saturated heterocycles. The summed E-state index contributed by atoms with van der Waals surface area (Å²) in [5.74, 6) is -0.353. The number of halogens is 2. The first-order valence-corrected chi connectivity index (χ1v) is 7.10. The van der Waals surface area contributed by atoms with Gasteiger partial charge in [0.15, 0.2) is 0 Å². The van der Waals surface area contributed by atoms with Crippen LogP contribution in [0.25, 0.3) is 10.2 Å². The number of anilines is 1. The number of thiophene rings is 1. The molecule has 0 aliphatic rings. The normalized spacial score (nSPS) is 11.2. The fourth-order valence-electron chi connectivity index (χ4n) is 1.75. The summed E-state index contributed by atoms with van der Waals surface area (Å²) in [7, 11) is 0. The van der Waals surface area contributed by atoms with Crippen LogP contribution in [0.2, 0.25) is 0 Å². The number of ether oxygens (including phenoxy) is 1. The Kier molecular flexibility index (Phi) is 5.03. The van der Waals surface area contributed by atoms with Gasteiger partial charge < -0.3 is 15.8 Å². The molecule has 3 N–H and O–H groups in total. The van der Waals surface area contributed by atoms with Crippen molar-refractivity contribution in [2.75, 3.05) is 25.5 Å². The molecule has 21 heavy (non-hydrogen) atoms. The number of nitrogens with two attached hydrogens (primary N) is 1. The number of fused-ring (bicyclic) bond motifs is 1. The first-order valence-electron chi connectivity index (χ1n) is 6.28. The number of pyridine rings is 1. The Hall–Kier alpha value is -1.80. The van der Waals surface area contributed by atoms with E-state index in [0.29, 0.717) is 15.4 Å². The van der Waals surface area contributed by atoms with Gasteiger partial charge in [-0.2, -0.15) is 0 Å². The number of nitrogens with one attached hydrogen (secondary N) is 1. The van der Waals surface area contributed by atoms with Crippen LogP contribution in [-0.4, -0.2) is 37.1 Å². The first-order chi connectivity index (χ1) is 9.99. The van der Waals surface area contributed by atoms with E-state index in [0.717, 1.165) is 11.1 Å². The monoisotopic (exact) mass is 315 g/mol. The SMILES string of the molecule is Cc1ccc2c(N)c(C(=O)NCCOCC(F)F)sc2n1. The standard InChI is InChI=1S/C13H15F2N3O2S/c1-7-2-3-8-10(16)11(21-13(8)18-7)12(19)17-4-5-20-6-9(14)15/h2-3,9H,4-6,16H2,1H3,(H,17,19). The van der Waals surface area contributed by atoms with E-state index < -0.39 is 13.0 Å². The second-order valence-electron chi connectivity index (χ2n) is 4.37. The summed E-state index contributed by atoms with van der Waals surface area (Å²) in [5.41, 5.74) is 7.17. The second-order valence-corrected chi connectivity index (χ2v) is 5.37. The van der Waals surface area contributed by atoms with E-state index in [-0.39, 0.29) is 19.1 Å². The maximum atomic E-state index is 12.0. The Balaban J connectivity index is 1.98. The van der Waals surface area contributed by atoms with Gasteiger partial charge >= 0.3 is 0 Å². The molecule has 0 aromatic carbocycles. The smallest absolute Gasteiger partial charge is 0.263 e. The summed E-state index contributed by atoms with van der Waals surface area (Å²) in [6.45, 7) is 1.39. The minimum atomic E-state index is -2.51. The number of alkyl halides is 2. The lowest BCUT2D eigenvalue weighted by atomic mass is 10.2. The molecule has 2 aromatic heterocycles. The van der Waals surface area contributed by atoms with Crippen LogP contribution in [0.4, 0.5) is 14.5 Å². The lowest BCUT2D eigenvalue weighted by molar-refractivity contribution is 0.0188. The summed E-state index contributed by atoms with van der Waals surface area (Å²) in [5, 5.41) is 3.32. The summed E-state index contributed by atoms with van der Waals surface area (Å²) in [4.78, 5) is 17.4. The molecule has 2 rings (SSSR count). The molecule has 1 amide bonds. The van der Waals surface area contributed by atoms with Gasteiger partial charge in [0.1, 0.15) is 16.3 Å². The number of hydrogen-bond donors (Lipinski definition) is 2. The van der Waals surface area contributed by atoms with Crippen molar-refractivity contribution in [2.45, 2.75) is 13.3 Å².